The molecule has 0 amide bonds. The Bertz CT molecular complexity index is 668. The van der Waals surface area contributed by atoms with Crippen LogP contribution in [0.5, 0.6) is 0 Å². The molecule has 3 rings (SSSR count). The zero-order valence-electron chi connectivity index (χ0n) is 14.9. The molecule has 1 aliphatic heterocycles. The van der Waals surface area contributed by atoms with E-state index in [0.29, 0.717) is 0 Å². The molecule has 4 atom stereocenters. The Hall–Kier alpha value is -2.13. The Morgan fingerprint density at radius 1 is 1.08 bits per heavy atom. The molecule has 132 valence electrons. The van der Waals surface area contributed by atoms with E-state index in [2.05, 4.69) is 43.3 Å². The summed E-state index contributed by atoms with van der Waals surface area (Å²) in [6.07, 6.45) is 2.60. The van der Waals surface area contributed by atoms with Crippen molar-refractivity contribution in [3.05, 3.63) is 71.8 Å². The van der Waals surface area contributed by atoms with Crippen LogP contribution in [-0.2, 0) is 20.7 Å². The summed E-state index contributed by atoms with van der Waals surface area (Å²) >= 11 is 0. The Morgan fingerprint density at radius 3 is 2.36 bits per heavy atom. The molecule has 0 radical (unpaired) electrons. The molecule has 1 heterocycles. The average Bonchev–Trinajstić information content (AvgIpc) is 2.63. The van der Waals surface area contributed by atoms with Crippen LogP contribution in [0.1, 0.15) is 43.9 Å². The molecular formula is C22H26O3. The van der Waals surface area contributed by atoms with Crippen LogP contribution in [0.3, 0.4) is 0 Å². The van der Waals surface area contributed by atoms with Crippen molar-refractivity contribution < 1.29 is 14.3 Å². The van der Waals surface area contributed by atoms with Gasteiger partial charge in [-0.25, -0.2) is 0 Å². The lowest BCUT2D eigenvalue weighted by atomic mass is 9.85. The highest BCUT2D eigenvalue weighted by atomic mass is 16.6. The zero-order chi connectivity index (χ0) is 17.6. The summed E-state index contributed by atoms with van der Waals surface area (Å²) in [7, 11) is 0. The lowest BCUT2D eigenvalue weighted by molar-refractivity contribution is -0.173. The van der Waals surface area contributed by atoms with Gasteiger partial charge < -0.3 is 9.47 Å². The predicted octanol–water partition coefficient (Wildman–Crippen LogP) is 4.72. The third kappa shape index (κ3) is 4.70. The summed E-state index contributed by atoms with van der Waals surface area (Å²) in [6, 6.07) is 20.7. The maximum Gasteiger partial charge on any atom is 0.302 e. The van der Waals surface area contributed by atoms with Gasteiger partial charge in [-0.2, -0.15) is 0 Å². The first kappa shape index (κ1) is 17.7. The number of aryl methyl sites for hydroxylation is 1. The SMILES string of the molecule is CC(=O)O[C@H]1C[C@@H](CCc2ccccc2)O[C@@H](c2ccccc2)[C@@H]1C. The van der Waals surface area contributed by atoms with E-state index in [4.69, 9.17) is 9.47 Å². The number of hydrogen-bond acceptors (Lipinski definition) is 3. The molecule has 2 aromatic carbocycles. The van der Waals surface area contributed by atoms with Crippen LogP contribution in [0.4, 0.5) is 0 Å². The standard InChI is InChI=1S/C22H26O3/c1-16-21(24-17(2)23)15-20(14-13-18-9-5-3-6-10-18)25-22(16)19-11-7-4-8-12-19/h3-12,16,20-22H,13-15H2,1-2H3/t16-,20-,21+,22-/m1/s1. The zero-order valence-corrected chi connectivity index (χ0v) is 14.9. The van der Waals surface area contributed by atoms with Crippen molar-refractivity contribution in [2.24, 2.45) is 5.92 Å². The fraction of sp³-hybridized carbons (Fsp3) is 0.409. The molecular weight excluding hydrogens is 312 g/mol. The van der Waals surface area contributed by atoms with Gasteiger partial charge in [-0.3, -0.25) is 4.79 Å². The molecule has 25 heavy (non-hydrogen) atoms. The van der Waals surface area contributed by atoms with E-state index < -0.39 is 0 Å². The van der Waals surface area contributed by atoms with Crippen LogP contribution in [0.2, 0.25) is 0 Å². The van der Waals surface area contributed by atoms with E-state index in [-0.39, 0.29) is 30.2 Å². The molecule has 1 fully saturated rings. The second kappa shape index (κ2) is 8.30. The molecule has 2 aromatic rings. The van der Waals surface area contributed by atoms with Crippen LogP contribution >= 0.6 is 0 Å². The van der Waals surface area contributed by atoms with E-state index in [1.54, 1.807) is 0 Å². The Balaban J connectivity index is 1.73. The highest BCUT2D eigenvalue weighted by Gasteiger charge is 2.38. The molecule has 1 saturated heterocycles. The monoisotopic (exact) mass is 338 g/mol. The second-order valence-corrected chi connectivity index (χ2v) is 6.86. The van der Waals surface area contributed by atoms with Gasteiger partial charge in [0.2, 0.25) is 0 Å². The van der Waals surface area contributed by atoms with Gasteiger partial charge in [-0.05, 0) is 24.0 Å². The molecule has 0 aromatic heterocycles. The van der Waals surface area contributed by atoms with E-state index in [0.717, 1.165) is 24.8 Å². The van der Waals surface area contributed by atoms with E-state index in [1.807, 2.05) is 24.3 Å². The number of benzene rings is 2. The molecule has 3 heteroatoms. The second-order valence-electron chi connectivity index (χ2n) is 6.86. The molecule has 0 aliphatic carbocycles. The van der Waals surface area contributed by atoms with Gasteiger partial charge in [0.05, 0.1) is 12.2 Å². The van der Waals surface area contributed by atoms with Crippen LogP contribution in [0.25, 0.3) is 0 Å². The van der Waals surface area contributed by atoms with Crippen molar-refractivity contribution in [3.8, 4) is 0 Å². The number of carbonyl (C=O) groups excluding carboxylic acids is 1. The van der Waals surface area contributed by atoms with Gasteiger partial charge in [-0.15, -0.1) is 0 Å². The van der Waals surface area contributed by atoms with Gasteiger partial charge in [0.15, 0.2) is 0 Å². The molecule has 0 N–H and O–H groups in total. The van der Waals surface area contributed by atoms with E-state index in [1.165, 1.54) is 12.5 Å². The minimum atomic E-state index is -0.215. The summed E-state index contributed by atoms with van der Waals surface area (Å²) in [6.45, 7) is 3.59. The predicted molar refractivity (Wildman–Crippen MR) is 98.2 cm³/mol. The van der Waals surface area contributed by atoms with E-state index in [9.17, 15) is 4.79 Å². The Kier molecular flexibility index (Phi) is 5.87. The van der Waals surface area contributed by atoms with Gasteiger partial charge in [0.25, 0.3) is 0 Å². The summed E-state index contributed by atoms with van der Waals surface area (Å²) < 4.78 is 12.0. The molecule has 0 saturated carbocycles. The molecule has 0 spiro atoms. The number of rotatable bonds is 5. The number of esters is 1. The largest absolute Gasteiger partial charge is 0.462 e. The quantitative estimate of drug-likeness (QED) is 0.740. The van der Waals surface area contributed by atoms with Crippen LogP contribution in [0.15, 0.2) is 60.7 Å². The maximum absolute atomic E-state index is 11.5. The fourth-order valence-corrected chi connectivity index (χ4v) is 3.61. The minimum absolute atomic E-state index is 0.0416. The lowest BCUT2D eigenvalue weighted by Crippen LogP contribution is -2.40. The van der Waals surface area contributed by atoms with E-state index >= 15 is 0 Å². The number of carbonyl (C=O) groups is 1. The molecule has 1 aliphatic rings. The topological polar surface area (TPSA) is 35.5 Å². The van der Waals surface area contributed by atoms with Crippen molar-refractivity contribution in [3.63, 3.8) is 0 Å². The van der Waals surface area contributed by atoms with Gasteiger partial charge in [0, 0.05) is 19.3 Å². The molecule has 3 nitrogen and oxygen atoms in total. The normalized spacial score (nSPS) is 26.2. The number of hydrogen-bond donors (Lipinski definition) is 0. The Morgan fingerprint density at radius 2 is 1.72 bits per heavy atom. The summed E-state index contributed by atoms with van der Waals surface area (Å²) in [4.78, 5) is 11.5. The summed E-state index contributed by atoms with van der Waals surface area (Å²) in [5.74, 6) is -0.0772. The highest BCUT2D eigenvalue weighted by molar-refractivity contribution is 5.66. The van der Waals surface area contributed by atoms with Crippen LogP contribution < -0.4 is 0 Å². The first-order valence-electron chi connectivity index (χ1n) is 9.05. The van der Waals surface area contributed by atoms with Crippen LogP contribution in [0, 0.1) is 5.92 Å². The first-order chi connectivity index (χ1) is 12.1. The van der Waals surface area contributed by atoms with Crippen molar-refractivity contribution in [1.82, 2.24) is 0 Å². The summed E-state index contributed by atoms with van der Waals surface area (Å²) in [5, 5.41) is 0. The third-order valence-corrected chi connectivity index (χ3v) is 4.94. The lowest BCUT2D eigenvalue weighted by Gasteiger charge is -2.40. The summed E-state index contributed by atoms with van der Waals surface area (Å²) in [5.41, 5.74) is 2.46. The number of ether oxygens (including phenoxy) is 2. The van der Waals surface area contributed by atoms with Gasteiger partial charge in [0.1, 0.15) is 6.10 Å². The van der Waals surface area contributed by atoms with Crippen molar-refractivity contribution in [2.45, 2.75) is 51.4 Å². The minimum Gasteiger partial charge on any atom is -0.462 e. The fourth-order valence-electron chi connectivity index (χ4n) is 3.61. The van der Waals surface area contributed by atoms with Crippen molar-refractivity contribution in [1.29, 1.82) is 0 Å². The smallest absolute Gasteiger partial charge is 0.302 e. The van der Waals surface area contributed by atoms with Crippen molar-refractivity contribution in [2.75, 3.05) is 0 Å². The highest BCUT2D eigenvalue weighted by Crippen LogP contribution is 2.39. The molecule has 0 unspecified atom stereocenters. The average molecular weight is 338 g/mol. The Labute approximate surface area is 150 Å². The third-order valence-electron chi connectivity index (χ3n) is 4.94. The van der Waals surface area contributed by atoms with Crippen molar-refractivity contribution >= 4 is 5.97 Å². The maximum atomic E-state index is 11.5. The van der Waals surface area contributed by atoms with Gasteiger partial charge >= 0.3 is 5.97 Å². The van der Waals surface area contributed by atoms with Gasteiger partial charge in [-0.1, -0.05) is 67.6 Å². The molecule has 0 bridgehead atoms. The van der Waals surface area contributed by atoms with Crippen LogP contribution in [-0.4, -0.2) is 18.2 Å². The first-order valence-corrected chi connectivity index (χ1v) is 9.05.